The maximum atomic E-state index is 12.4. The van der Waals surface area contributed by atoms with Crippen LogP contribution < -0.4 is 5.32 Å². The molecular formula is C20H28N2O2. The topological polar surface area (TPSA) is 52.6 Å². The van der Waals surface area contributed by atoms with E-state index in [9.17, 15) is 9.90 Å². The van der Waals surface area contributed by atoms with E-state index in [2.05, 4.69) is 40.5 Å². The highest BCUT2D eigenvalue weighted by atomic mass is 16.3. The van der Waals surface area contributed by atoms with Crippen molar-refractivity contribution in [1.29, 1.82) is 0 Å². The largest absolute Gasteiger partial charge is 0.380 e. The highest BCUT2D eigenvalue weighted by Gasteiger charge is 2.46. The van der Waals surface area contributed by atoms with Gasteiger partial charge in [0, 0.05) is 25.7 Å². The zero-order valence-electron chi connectivity index (χ0n) is 14.3. The van der Waals surface area contributed by atoms with Gasteiger partial charge in [-0.05, 0) is 49.5 Å². The molecule has 2 N–H and O–H groups in total. The van der Waals surface area contributed by atoms with E-state index in [-0.39, 0.29) is 11.9 Å². The first kappa shape index (κ1) is 16.1. The molecule has 0 aromatic heterocycles. The van der Waals surface area contributed by atoms with Crippen LogP contribution in [0, 0.1) is 11.8 Å². The van der Waals surface area contributed by atoms with Crippen molar-refractivity contribution in [2.75, 3.05) is 13.1 Å². The summed E-state index contributed by atoms with van der Waals surface area (Å²) in [6, 6.07) is 10.9. The Balaban J connectivity index is 1.38. The SMILES string of the molecule is O=C(N[C@@H]1CCC[C@H]2CN(Cc3ccccc3)C[C@@H]21)C1(O)CCC1. The van der Waals surface area contributed by atoms with Gasteiger partial charge in [-0.2, -0.15) is 0 Å². The first-order chi connectivity index (χ1) is 11.6. The number of aliphatic hydroxyl groups is 1. The molecule has 1 amide bonds. The van der Waals surface area contributed by atoms with E-state index >= 15 is 0 Å². The van der Waals surface area contributed by atoms with Crippen molar-refractivity contribution in [3.63, 3.8) is 0 Å². The number of likely N-dealkylation sites (tertiary alicyclic amines) is 1. The summed E-state index contributed by atoms with van der Waals surface area (Å²) in [6.45, 7) is 3.19. The Morgan fingerprint density at radius 1 is 1.17 bits per heavy atom. The number of benzene rings is 1. The Bertz CT molecular complexity index is 585. The summed E-state index contributed by atoms with van der Waals surface area (Å²) >= 11 is 0. The Morgan fingerprint density at radius 3 is 2.67 bits per heavy atom. The van der Waals surface area contributed by atoms with Crippen molar-refractivity contribution >= 4 is 5.91 Å². The average molecular weight is 328 g/mol. The molecule has 4 heteroatoms. The smallest absolute Gasteiger partial charge is 0.252 e. The van der Waals surface area contributed by atoms with Gasteiger partial charge in [0.25, 0.3) is 5.91 Å². The lowest BCUT2D eigenvalue weighted by Crippen LogP contribution is -2.56. The Hall–Kier alpha value is -1.39. The molecule has 1 aromatic carbocycles. The van der Waals surface area contributed by atoms with E-state index < -0.39 is 5.60 Å². The molecule has 2 saturated carbocycles. The molecule has 1 heterocycles. The van der Waals surface area contributed by atoms with Gasteiger partial charge in [-0.1, -0.05) is 36.8 Å². The highest BCUT2D eigenvalue weighted by Crippen LogP contribution is 2.38. The van der Waals surface area contributed by atoms with Gasteiger partial charge in [0.05, 0.1) is 0 Å². The van der Waals surface area contributed by atoms with E-state index in [1.165, 1.54) is 18.4 Å². The van der Waals surface area contributed by atoms with Crippen LogP contribution in [0.2, 0.25) is 0 Å². The van der Waals surface area contributed by atoms with Gasteiger partial charge in [0.2, 0.25) is 0 Å². The third kappa shape index (κ3) is 3.09. The second-order valence-corrected chi connectivity index (χ2v) is 8.00. The number of carbonyl (C=O) groups is 1. The zero-order chi connectivity index (χ0) is 16.6. The molecule has 0 spiro atoms. The standard InChI is InChI=1S/C20H28N2O2/c23-19(20(24)10-5-11-20)21-18-9-4-8-16-13-22(14-17(16)18)12-15-6-2-1-3-7-15/h1-3,6-7,16-18,24H,4-5,8-14H2,(H,21,23)/t16-,17-,18+/m0/s1. The summed E-state index contributed by atoms with van der Waals surface area (Å²) in [7, 11) is 0. The monoisotopic (exact) mass is 328 g/mol. The van der Waals surface area contributed by atoms with E-state index in [1.54, 1.807) is 0 Å². The van der Waals surface area contributed by atoms with Crippen molar-refractivity contribution in [2.45, 2.75) is 56.7 Å². The van der Waals surface area contributed by atoms with Crippen molar-refractivity contribution in [3.8, 4) is 0 Å². The van der Waals surface area contributed by atoms with Gasteiger partial charge in [-0.15, -0.1) is 0 Å². The molecule has 0 radical (unpaired) electrons. The van der Waals surface area contributed by atoms with Gasteiger partial charge < -0.3 is 10.4 Å². The molecule has 0 unspecified atom stereocenters. The van der Waals surface area contributed by atoms with E-state index in [4.69, 9.17) is 0 Å². The van der Waals surface area contributed by atoms with Crippen LogP contribution in [0.4, 0.5) is 0 Å². The van der Waals surface area contributed by atoms with Crippen LogP contribution in [0.3, 0.4) is 0 Å². The minimum Gasteiger partial charge on any atom is -0.380 e. The lowest BCUT2D eigenvalue weighted by atomic mass is 9.76. The Morgan fingerprint density at radius 2 is 1.96 bits per heavy atom. The molecular weight excluding hydrogens is 300 g/mol. The number of fused-ring (bicyclic) bond motifs is 1. The van der Waals surface area contributed by atoms with E-state index in [0.717, 1.165) is 32.5 Å². The number of hydrogen-bond donors (Lipinski definition) is 2. The van der Waals surface area contributed by atoms with Crippen LogP contribution in [0.5, 0.6) is 0 Å². The van der Waals surface area contributed by atoms with Gasteiger partial charge in [-0.25, -0.2) is 0 Å². The summed E-state index contributed by atoms with van der Waals surface area (Å²) in [5.41, 5.74) is 0.287. The summed E-state index contributed by atoms with van der Waals surface area (Å²) in [4.78, 5) is 14.9. The fourth-order valence-corrected chi connectivity index (χ4v) is 4.76. The molecule has 4 rings (SSSR count). The van der Waals surface area contributed by atoms with Crippen molar-refractivity contribution in [2.24, 2.45) is 11.8 Å². The quantitative estimate of drug-likeness (QED) is 0.892. The molecule has 3 atom stereocenters. The predicted molar refractivity (Wildman–Crippen MR) is 93.3 cm³/mol. The van der Waals surface area contributed by atoms with Crippen LogP contribution in [-0.2, 0) is 11.3 Å². The number of rotatable bonds is 4. The summed E-state index contributed by atoms with van der Waals surface area (Å²) in [5, 5.41) is 13.5. The number of nitrogens with zero attached hydrogens (tertiary/aromatic N) is 1. The maximum absolute atomic E-state index is 12.4. The second kappa shape index (κ2) is 6.49. The minimum absolute atomic E-state index is 0.124. The van der Waals surface area contributed by atoms with Crippen LogP contribution in [0.25, 0.3) is 0 Å². The molecule has 1 aliphatic heterocycles. The molecule has 2 aliphatic carbocycles. The van der Waals surface area contributed by atoms with Crippen molar-refractivity contribution in [3.05, 3.63) is 35.9 Å². The van der Waals surface area contributed by atoms with Gasteiger partial charge in [-0.3, -0.25) is 9.69 Å². The molecule has 4 nitrogen and oxygen atoms in total. The lowest BCUT2D eigenvalue weighted by molar-refractivity contribution is -0.150. The molecule has 130 valence electrons. The number of amides is 1. The second-order valence-electron chi connectivity index (χ2n) is 8.00. The summed E-state index contributed by atoms with van der Waals surface area (Å²) < 4.78 is 0. The van der Waals surface area contributed by atoms with Crippen LogP contribution >= 0.6 is 0 Å². The molecule has 1 aromatic rings. The average Bonchev–Trinajstić information content (AvgIpc) is 2.97. The predicted octanol–water partition coefficient (Wildman–Crippen LogP) is 2.32. The third-order valence-electron chi connectivity index (χ3n) is 6.34. The maximum Gasteiger partial charge on any atom is 0.252 e. The molecule has 3 aliphatic rings. The Kier molecular flexibility index (Phi) is 4.35. The molecule has 1 saturated heterocycles. The first-order valence-corrected chi connectivity index (χ1v) is 9.44. The molecule has 0 bridgehead atoms. The fourth-order valence-electron chi connectivity index (χ4n) is 4.76. The summed E-state index contributed by atoms with van der Waals surface area (Å²) in [5.74, 6) is 1.10. The van der Waals surface area contributed by atoms with Crippen LogP contribution in [-0.4, -0.2) is 40.6 Å². The number of nitrogens with one attached hydrogen (secondary N) is 1. The van der Waals surface area contributed by atoms with E-state index in [1.807, 2.05) is 0 Å². The van der Waals surface area contributed by atoms with Crippen molar-refractivity contribution in [1.82, 2.24) is 10.2 Å². The summed E-state index contributed by atoms with van der Waals surface area (Å²) in [6.07, 6.45) is 5.73. The minimum atomic E-state index is -1.07. The zero-order valence-corrected chi connectivity index (χ0v) is 14.3. The number of carbonyl (C=O) groups excluding carboxylic acids is 1. The first-order valence-electron chi connectivity index (χ1n) is 9.44. The Labute approximate surface area is 144 Å². The normalized spacial score (nSPS) is 32.0. The van der Waals surface area contributed by atoms with E-state index in [0.29, 0.717) is 24.7 Å². The number of hydrogen-bond acceptors (Lipinski definition) is 3. The third-order valence-corrected chi connectivity index (χ3v) is 6.34. The fraction of sp³-hybridized carbons (Fsp3) is 0.650. The van der Waals surface area contributed by atoms with Gasteiger partial charge in [0.1, 0.15) is 5.60 Å². The van der Waals surface area contributed by atoms with Gasteiger partial charge in [0.15, 0.2) is 0 Å². The highest BCUT2D eigenvalue weighted by molar-refractivity contribution is 5.86. The van der Waals surface area contributed by atoms with Gasteiger partial charge >= 0.3 is 0 Å². The van der Waals surface area contributed by atoms with Crippen LogP contribution in [0.1, 0.15) is 44.1 Å². The van der Waals surface area contributed by atoms with Crippen LogP contribution in [0.15, 0.2) is 30.3 Å². The molecule has 24 heavy (non-hydrogen) atoms. The van der Waals surface area contributed by atoms with Crippen molar-refractivity contribution < 1.29 is 9.90 Å². The molecule has 3 fully saturated rings. The lowest BCUT2D eigenvalue weighted by Gasteiger charge is -2.39.